The lowest BCUT2D eigenvalue weighted by atomic mass is 10.2. The second-order valence-corrected chi connectivity index (χ2v) is 4.34. The fraction of sp³-hybridized carbons (Fsp3) is 0.250. The maximum Gasteiger partial charge on any atom is 0.262 e. The van der Waals surface area contributed by atoms with Crippen LogP contribution in [0, 0.1) is 0 Å². The number of hydrogen-bond donors (Lipinski definition) is 0. The van der Waals surface area contributed by atoms with E-state index in [1.165, 1.54) is 21.3 Å². The van der Waals surface area contributed by atoms with Gasteiger partial charge in [-0.2, -0.15) is 4.98 Å². The Labute approximate surface area is 130 Å². The van der Waals surface area contributed by atoms with Crippen LogP contribution in [0.1, 0.15) is 0 Å². The van der Waals surface area contributed by atoms with Gasteiger partial charge in [0, 0.05) is 12.1 Å². The first-order valence-electron chi connectivity index (χ1n) is 5.62. The third kappa shape index (κ3) is 3.37. The molecular weight excluding hydrogens is 321 g/mol. The molecule has 0 saturated carbocycles. The molecule has 9 heteroatoms. The molecule has 0 radical (unpaired) electrons. The highest BCUT2D eigenvalue weighted by molar-refractivity contribution is 6.31. The van der Waals surface area contributed by atoms with Crippen molar-refractivity contribution in [3.8, 4) is 28.9 Å². The van der Waals surface area contributed by atoms with Gasteiger partial charge in [0.15, 0.2) is 11.5 Å². The predicted octanol–water partition coefficient (Wildman–Crippen LogP) is 3.00. The number of rotatable bonds is 5. The summed E-state index contributed by atoms with van der Waals surface area (Å²) in [6.45, 7) is 0. The van der Waals surface area contributed by atoms with Crippen molar-refractivity contribution in [1.82, 2.24) is 15.2 Å². The SMILES string of the molecule is COc1cc(Oc2nc(Cl)nnc2Cl)cc(OC)c1OC. The van der Waals surface area contributed by atoms with Gasteiger partial charge in [0.25, 0.3) is 5.88 Å². The van der Waals surface area contributed by atoms with Crippen LogP contribution in [0.15, 0.2) is 12.1 Å². The van der Waals surface area contributed by atoms with Crippen LogP contribution < -0.4 is 18.9 Å². The molecule has 1 heterocycles. The molecule has 0 N–H and O–H groups in total. The van der Waals surface area contributed by atoms with Gasteiger partial charge >= 0.3 is 0 Å². The third-order valence-corrected chi connectivity index (χ3v) is 2.84. The third-order valence-electron chi connectivity index (χ3n) is 2.44. The van der Waals surface area contributed by atoms with E-state index < -0.39 is 0 Å². The minimum Gasteiger partial charge on any atom is -0.493 e. The van der Waals surface area contributed by atoms with E-state index in [4.69, 9.17) is 42.1 Å². The topological polar surface area (TPSA) is 75.6 Å². The summed E-state index contributed by atoms with van der Waals surface area (Å²) in [6.07, 6.45) is 0. The Morgan fingerprint density at radius 2 is 1.52 bits per heavy atom. The number of aromatic nitrogens is 3. The highest BCUT2D eigenvalue weighted by Gasteiger charge is 2.16. The van der Waals surface area contributed by atoms with Crippen molar-refractivity contribution in [3.05, 3.63) is 22.6 Å². The number of halogens is 2. The molecule has 1 aromatic carbocycles. The molecular formula is C12H11Cl2N3O4. The maximum absolute atomic E-state index is 5.85. The summed E-state index contributed by atoms with van der Waals surface area (Å²) >= 11 is 11.5. The summed E-state index contributed by atoms with van der Waals surface area (Å²) < 4.78 is 21.2. The average molecular weight is 332 g/mol. The van der Waals surface area contributed by atoms with E-state index in [1.807, 2.05) is 0 Å². The van der Waals surface area contributed by atoms with Gasteiger partial charge in [-0.25, -0.2) is 0 Å². The number of methoxy groups -OCH3 is 3. The molecule has 0 unspecified atom stereocenters. The normalized spacial score (nSPS) is 10.1. The molecule has 7 nitrogen and oxygen atoms in total. The largest absolute Gasteiger partial charge is 0.493 e. The van der Waals surface area contributed by atoms with Crippen LogP contribution in [-0.4, -0.2) is 36.5 Å². The van der Waals surface area contributed by atoms with E-state index in [-0.39, 0.29) is 16.3 Å². The lowest BCUT2D eigenvalue weighted by Gasteiger charge is -2.14. The molecule has 2 rings (SSSR count). The van der Waals surface area contributed by atoms with E-state index in [9.17, 15) is 0 Å². The van der Waals surface area contributed by atoms with Crippen molar-refractivity contribution in [3.63, 3.8) is 0 Å². The van der Waals surface area contributed by atoms with Crippen molar-refractivity contribution in [1.29, 1.82) is 0 Å². The van der Waals surface area contributed by atoms with Crippen LogP contribution in [0.25, 0.3) is 0 Å². The standard InChI is InChI=1S/C12H11Cl2N3O4/c1-18-7-4-6(5-8(19-2)9(7)20-3)21-11-10(13)16-17-12(14)15-11/h4-5H,1-3H3. The van der Waals surface area contributed by atoms with Crippen LogP contribution in [0.4, 0.5) is 0 Å². The number of nitrogens with zero attached hydrogens (tertiary/aromatic N) is 3. The van der Waals surface area contributed by atoms with Gasteiger partial charge in [-0.15, -0.1) is 10.2 Å². The molecule has 0 spiro atoms. The molecule has 0 aliphatic heterocycles. The molecule has 0 amide bonds. The van der Waals surface area contributed by atoms with E-state index >= 15 is 0 Å². The van der Waals surface area contributed by atoms with Gasteiger partial charge in [0.2, 0.25) is 16.2 Å². The summed E-state index contributed by atoms with van der Waals surface area (Å²) in [5.41, 5.74) is 0. The highest BCUT2D eigenvalue weighted by Crippen LogP contribution is 2.42. The Morgan fingerprint density at radius 3 is 2.05 bits per heavy atom. The molecule has 2 aromatic rings. The van der Waals surface area contributed by atoms with Gasteiger partial charge in [-0.3, -0.25) is 0 Å². The Balaban J connectivity index is 2.42. The Morgan fingerprint density at radius 1 is 0.905 bits per heavy atom. The van der Waals surface area contributed by atoms with Crippen molar-refractivity contribution in [2.24, 2.45) is 0 Å². The molecule has 1 aromatic heterocycles. The molecule has 0 aliphatic carbocycles. The molecule has 0 fully saturated rings. The summed E-state index contributed by atoms with van der Waals surface area (Å²) in [7, 11) is 4.50. The van der Waals surface area contributed by atoms with E-state index in [2.05, 4.69) is 15.2 Å². The van der Waals surface area contributed by atoms with Crippen LogP contribution >= 0.6 is 23.2 Å². The van der Waals surface area contributed by atoms with Crippen LogP contribution in [0.5, 0.6) is 28.9 Å². The minimum absolute atomic E-state index is 0.0194. The maximum atomic E-state index is 5.85. The molecule has 0 atom stereocenters. The first-order chi connectivity index (χ1) is 10.1. The van der Waals surface area contributed by atoms with Gasteiger partial charge in [0.1, 0.15) is 5.75 Å². The Hall–Kier alpha value is -1.99. The number of benzene rings is 1. The predicted molar refractivity (Wildman–Crippen MR) is 76.0 cm³/mol. The summed E-state index contributed by atoms with van der Waals surface area (Å²) in [5.74, 6) is 1.68. The van der Waals surface area contributed by atoms with Gasteiger partial charge < -0.3 is 18.9 Å². The number of hydrogen-bond acceptors (Lipinski definition) is 7. The first kappa shape index (κ1) is 15.4. The van der Waals surface area contributed by atoms with E-state index in [1.54, 1.807) is 12.1 Å². The summed E-state index contributed by atoms with van der Waals surface area (Å²) in [5, 5.41) is 7.00. The fourth-order valence-corrected chi connectivity index (χ4v) is 1.81. The molecule has 0 bridgehead atoms. The van der Waals surface area contributed by atoms with Crippen molar-refractivity contribution in [2.45, 2.75) is 0 Å². The smallest absolute Gasteiger partial charge is 0.262 e. The fourth-order valence-electron chi connectivity index (χ4n) is 1.57. The Kier molecular flexibility index (Phi) is 4.87. The lowest BCUT2D eigenvalue weighted by molar-refractivity contribution is 0.320. The van der Waals surface area contributed by atoms with Gasteiger partial charge in [-0.1, -0.05) is 11.6 Å². The lowest BCUT2D eigenvalue weighted by Crippen LogP contribution is -1.98. The van der Waals surface area contributed by atoms with E-state index in [0.717, 1.165) is 0 Å². The zero-order chi connectivity index (χ0) is 15.4. The molecule has 0 aliphatic rings. The van der Waals surface area contributed by atoms with Crippen molar-refractivity contribution >= 4 is 23.2 Å². The molecule has 112 valence electrons. The Bertz CT molecular complexity index is 629. The number of ether oxygens (including phenoxy) is 4. The van der Waals surface area contributed by atoms with Gasteiger partial charge in [-0.05, 0) is 11.6 Å². The average Bonchev–Trinajstić information content (AvgIpc) is 2.49. The van der Waals surface area contributed by atoms with Gasteiger partial charge in [0.05, 0.1) is 21.3 Å². The second-order valence-electron chi connectivity index (χ2n) is 3.64. The van der Waals surface area contributed by atoms with Crippen LogP contribution in [-0.2, 0) is 0 Å². The zero-order valence-corrected chi connectivity index (χ0v) is 12.9. The quantitative estimate of drug-likeness (QED) is 0.833. The molecule has 0 saturated heterocycles. The van der Waals surface area contributed by atoms with Crippen molar-refractivity contribution < 1.29 is 18.9 Å². The zero-order valence-electron chi connectivity index (χ0n) is 11.4. The summed E-state index contributed by atoms with van der Waals surface area (Å²) in [6, 6.07) is 3.18. The van der Waals surface area contributed by atoms with E-state index in [0.29, 0.717) is 23.0 Å². The second kappa shape index (κ2) is 6.64. The summed E-state index contributed by atoms with van der Waals surface area (Å²) in [4.78, 5) is 3.85. The minimum atomic E-state index is -0.0816. The molecule has 21 heavy (non-hydrogen) atoms. The van der Waals surface area contributed by atoms with Crippen molar-refractivity contribution in [2.75, 3.05) is 21.3 Å². The monoisotopic (exact) mass is 331 g/mol. The first-order valence-corrected chi connectivity index (χ1v) is 6.38. The van der Waals surface area contributed by atoms with Crippen LogP contribution in [0.2, 0.25) is 10.4 Å². The van der Waals surface area contributed by atoms with Crippen LogP contribution in [0.3, 0.4) is 0 Å². The highest BCUT2D eigenvalue weighted by atomic mass is 35.5.